The van der Waals surface area contributed by atoms with Gasteiger partial charge < -0.3 is 4.90 Å². The number of rotatable bonds is 2. The smallest absolute Gasteiger partial charge is 0.171 e. The van der Waals surface area contributed by atoms with Gasteiger partial charge in [0.25, 0.3) is 0 Å². The Morgan fingerprint density at radius 2 is 2.29 bits per heavy atom. The molecular formula is C10H11BrN2O. The van der Waals surface area contributed by atoms with Crippen molar-refractivity contribution in [1.82, 2.24) is 4.98 Å². The molecule has 1 aromatic heterocycles. The lowest BCUT2D eigenvalue weighted by molar-refractivity contribution is -0.119. The van der Waals surface area contributed by atoms with E-state index in [2.05, 4.69) is 33.9 Å². The first-order chi connectivity index (χ1) is 6.70. The lowest BCUT2D eigenvalue weighted by atomic mass is 10.1. The van der Waals surface area contributed by atoms with Gasteiger partial charge in [-0.05, 0) is 34.0 Å². The van der Waals surface area contributed by atoms with Gasteiger partial charge in [-0.25, -0.2) is 4.98 Å². The highest BCUT2D eigenvalue weighted by atomic mass is 79.9. The highest BCUT2D eigenvalue weighted by Crippen LogP contribution is 2.24. The summed E-state index contributed by atoms with van der Waals surface area (Å²) in [5.41, 5.74) is 1.19. The van der Waals surface area contributed by atoms with Gasteiger partial charge in [0.2, 0.25) is 0 Å². The third kappa shape index (κ3) is 1.66. The van der Waals surface area contributed by atoms with Gasteiger partial charge in [-0.2, -0.15) is 0 Å². The van der Waals surface area contributed by atoms with Crippen LogP contribution in [0.3, 0.4) is 0 Å². The van der Waals surface area contributed by atoms with E-state index in [1.807, 2.05) is 4.90 Å². The van der Waals surface area contributed by atoms with Crippen LogP contribution < -0.4 is 4.90 Å². The Morgan fingerprint density at radius 3 is 2.86 bits per heavy atom. The Kier molecular flexibility index (Phi) is 2.54. The van der Waals surface area contributed by atoms with Gasteiger partial charge in [0.05, 0.1) is 13.1 Å². The van der Waals surface area contributed by atoms with E-state index in [0.717, 1.165) is 16.7 Å². The first-order valence-corrected chi connectivity index (χ1v) is 5.41. The van der Waals surface area contributed by atoms with E-state index in [9.17, 15) is 4.79 Å². The second kappa shape index (κ2) is 3.69. The second-order valence-electron chi connectivity index (χ2n) is 3.38. The monoisotopic (exact) mass is 254 g/mol. The fourth-order valence-corrected chi connectivity index (χ4v) is 1.93. The Bertz CT molecular complexity index is 370. The van der Waals surface area contributed by atoms with E-state index in [1.54, 1.807) is 6.20 Å². The molecule has 3 nitrogen and oxygen atoms in total. The van der Waals surface area contributed by atoms with Crippen LogP contribution in [-0.4, -0.2) is 23.9 Å². The third-order valence-corrected chi connectivity index (χ3v) is 2.76. The molecule has 14 heavy (non-hydrogen) atoms. The molecule has 0 unspecified atom stereocenters. The van der Waals surface area contributed by atoms with Gasteiger partial charge in [0.15, 0.2) is 5.78 Å². The first kappa shape index (κ1) is 9.65. The van der Waals surface area contributed by atoms with Gasteiger partial charge in [-0.15, -0.1) is 0 Å². The van der Waals surface area contributed by atoms with Crippen LogP contribution in [0.25, 0.3) is 0 Å². The molecule has 2 heterocycles. The summed E-state index contributed by atoms with van der Waals surface area (Å²) in [6, 6.07) is 2.06. The van der Waals surface area contributed by atoms with Crippen molar-refractivity contribution in [3.8, 4) is 0 Å². The minimum absolute atomic E-state index is 0.289. The molecule has 0 radical (unpaired) electrons. The minimum atomic E-state index is 0.289. The molecule has 0 aliphatic carbocycles. The predicted octanol–water partition coefficient (Wildman–Crippen LogP) is 1.80. The zero-order valence-electron chi connectivity index (χ0n) is 7.96. The topological polar surface area (TPSA) is 33.2 Å². The van der Waals surface area contributed by atoms with E-state index in [-0.39, 0.29) is 5.78 Å². The summed E-state index contributed by atoms with van der Waals surface area (Å²) in [6.45, 7) is 3.12. The van der Waals surface area contributed by atoms with Crippen molar-refractivity contribution in [2.75, 3.05) is 18.0 Å². The summed E-state index contributed by atoms with van der Waals surface area (Å²) in [5, 5.41) is 0. The fraction of sp³-hybridized carbons (Fsp3) is 0.400. The van der Waals surface area contributed by atoms with Gasteiger partial charge in [0.1, 0.15) is 5.82 Å². The number of anilines is 1. The molecule has 0 atom stereocenters. The summed E-state index contributed by atoms with van der Waals surface area (Å²) in [6.07, 6.45) is 2.71. The van der Waals surface area contributed by atoms with E-state index in [0.29, 0.717) is 13.1 Å². The van der Waals surface area contributed by atoms with Crippen LogP contribution in [0.1, 0.15) is 12.5 Å². The van der Waals surface area contributed by atoms with Crippen LogP contribution in [0.2, 0.25) is 0 Å². The number of pyridine rings is 1. The molecule has 0 bridgehead atoms. The van der Waals surface area contributed by atoms with E-state index >= 15 is 0 Å². The highest BCUT2D eigenvalue weighted by molar-refractivity contribution is 9.10. The van der Waals surface area contributed by atoms with Crippen LogP contribution in [0.4, 0.5) is 5.82 Å². The average Bonchev–Trinajstić information content (AvgIpc) is 2.13. The van der Waals surface area contributed by atoms with E-state index in [4.69, 9.17) is 0 Å². The number of aromatic nitrogens is 1. The number of nitrogens with zero attached hydrogens (tertiary/aromatic N) is 2. The predicted molar refractivity (Wildman–Crippen MR) is 58.5 cm³/mol. The molecule has 0 saturated carbocycles. The number of ketones is 1. The van der Waals surface area contributed by atoms with Crippen LogP contribution in [0.15, 0.2) is 16.7 Å². The normalized spacial score (nSPS) is 15.6. The van der Waals surface area contributed by atoms with Crippen LogP contribution in [0.5, 0.6) is 0 Å². The van der Waals surface area contributed by atoms with Crippen molar-refractivity contribution >= 4 is 27.5 Å². The maximum Gasteiger partial charge on any atom is 0.171 e. The molecule has 1 aliphatic rings. The summed E-state index contributed by atoms with van der Waals surface area (Å²) in [7, 11) is 0. The Balaban J connectivity index is 2.28. The summed E-state index contributed by atoms with van der Waals surface area (Å²) in [5.74, 6) is 1.24. The Morgan fingerprint density at radius 1 is 1.57 bits per heavy atom. The van der Waals surface area contributed by atoms with Crippen molar-refractivity contribution in [1.29, 1.82) is 0 Å². The second-order valence-corrected chi connectivity index (χ2v) is 4.30. The molecule has 1 aliphatic heterocycles. The van der Waals surface area contributed by atoms with Crippen molar-refractivity contribution in [3.63, 3.8) is 0 Å². The van der Waals surface area contributed by atoms with Crippen LogP contribution in [-0.2, 0) is 11.2 Å². The molecule has 1 saturated heterocycles. The molecule has 1 aromatic rings. The summed E-state index contributed by atoms with van der Waals surface area (Å²) in [4.78, 5) is 17.2. The Hall–Kier alpha value is -0.900. The maximum atomic E-state index is 10.9. The minimum Gasteiger partial charge on any atom is -0.342 e. The van der Waals surface area contributed by atoms with Crippen molar-refractivity contribution in [2.45, 2.75) is 13.3 Å². The van der Waals surface area contributed by atoms with Crippen molar-refractivity contribution < 1.29 is 4.79 Å². The third-order valence-electron chi connectivity index (χ3n) is 2.32. The number of Topliss-reactive ketones (excluding diaryl/α,β-unsaturated/α-hetero) is 1. The summed E-state index contributed by atoms with van der Waals surface area (Å²) >= 11 is 3.39. The molecule has 0 N–H and O–H groups in total. The summed E-state index contributed by atoms with van der Waals surface area (Å²) < 4.78 is 0.991. The molecule has 2 rings (SSSR count). The standard InChI is InChI=1S/C10H11BrN2O/c1-2-7-3-8(11)4-12-10(7)13-5-9(14)6-13/h3-4H,2,5-6H2,1H3. The van der Waals surface area contributed by atoms with Crippen LogP contribution >= 0.6 is 15.9 Å². The van der Waals surface area contributed by atoms with E-state index in [1.165, 1.54) is 5.56 Å². The number of halogens is 1. The maximum absolute atomic E-state index is 10.9. The number of hydrogen-bond donors (Lipinski definition) is 0. The highest BCUT2D eigenvalue weighted by Gasteiger charge is 2.26. The van der Waals surface area contributed by atoms with Gasteiger partial charge in [0, 0.05) is 10.7 Å². The fourth-order valence-electron chi connectivity index (χ4n) is 1.55. The largest absolute Gasteiger partial charge is 0.342 e. The molecule has 0 aromatic carbocycles. The van der Waals surface area contributed by atoms with Crippen molar-refractivity contribution in [3.05, 3.63) is 22.3 Å². The number of aryl methyl sites for hydroxylation is 1. The molecule has 1 fully saturated rings. The van der Waals surface area contributed by atoms with Crippen molar-refractivity contribution in [2.24, 2.45) is 0 Å². The SMILES string of the molecule is CCc1cc(Br)cnc1N1CC(=O)C1. The average molecular weight is 255 g/mol. The molecule has 0 amide bonds. The molecule has 74 valence electrons. The lowest BCUT2D eigenvalue weighted by Gasteiger charge is -2.31. The zero-order valence-corrected chi connectivity index (χ0v) is 9.54. The molecule has 4 heteroatoms. The number of carbonyl (C=O) groups is 1. The molecule has 0 spiro atoms. The van der Waals surface area contributed by atoms with Gasteiger partial charge >= 0.3 is 0 Å². The zero-order chi connectivity index (χ0) is 10.1. The number of hydrogen-bond acceptors (Lipinski definition) is 3. The number of carbonyl (C=O) groups excluding carboxylic acids is 1. The molecular weight excluding hydrogens is 244 g/mol. The van der Waals surface area contributed by atoms with Gasteiger partial charge in [-0.1, -0.05) is 6.92 Å². The van der Waals surface area contributed by atoms with Gasteiger partial charge in [-0.3, -0.25) is 4.79 Å². The van der Waals surface area contributed by atoms with Crippen LogP contribution in [0, 0.1) is 0 Å². The quantitative estimate of drug-likeness (QED) is 0.807. The first-order valence-electron chi connectivity index (χ1n) is 4.61. The van der Waals surface area contributed by atoms with E-state index < -0.39 is 0 Å². The lowest BCUT2D eigenvalue weighted by Crippen LogP contribution is -2.48. The Labute approximate surface area is 91.3 Å².